The van der Waals surface area contributed by atoms with Crippen LogP contribution < -0.4 is 10.1 Å². The van der Waals surface area contributed by atoms with Gasteiger partial charge in [0.25, 0.3) is 0 Å². The summed E-state index contributed by atoms with van der Waals surface area (Å²) in [4.78, 5) is 0. The monoisotopic (exact) mass is 245 g/mol. The third-order valence-corrected chi connectivity index (χ3v) is 2.90. The highest BCUT2D eigenvalue weighted by atomic mass is 19.1. The van der Waals surface area contributed by atoms with Crippen LogP contribution in [-0.4, -0.2) is 7.11 Å². The van der Waals surface area contributed by atoms with Gasteiger partial charge in [0.2, 0.25) is 0 Å². The largest absolute Gasteiger partial charge is 0.494 e. The summed E-state index contributed by atoms with van der Waals surface area (Å²) in [6, 6.07) is 13.0. The zero-order valence-electron chi connectivity index (χ0n) is 10.5. The van der Waals surface area contributed by atoms with Gasteiger partial charge in [-0.1, -0.05) is 24.3 Å². The quantitative estimate of drug-likeness (QED) is 0.885. The van der Waals surface area contributed by atoms with Gasteiger partial charge in [-0.05, 0) is 30.2 Å². The van der Waals surface area contributed by atoms with E-state index in [4.69, 9.17) is 4.74 Å². The average Bonchev–Trinajstić information content (AvgIpc) is 2.38. The van der Waals surface area contributed by atoms with Crippen molar-refractivity contribution >= 4 is 5.69 Å². The zero-order valence-corrected chi connectivity index (χ0v) is 10.5. The van der Waals surface area contributed by atoms with Gasteiger partial charge in [-0.2, -0.15) is 0 Å². The topological polar surface area (TPSA) is 21.3 Å². The van der Waals surface area contributed by atoms with Gasteiger partial charge in [-0.15, -0.1) is 0 Å². The number of methoxy groups -OCH3 is 1. The summed E-state index contributed by atoms with van der Waals surface area (Å²) in [6.45, 7) is 2.74. The van der Waals surface area contributed by atoms with Crippen molar-refractivity contribution in [1.29, 1.82) is 0 Å². The van der Waals surface area contributed by atoms with Gasteiger partial charge in [-0.25, -0.2) is 4.39 Å². The number of ether oxygens (including phenoxy) is 1. The van der Waals surface area contributed by atoms with Crippen molar-refractivity contribution < 1.29 is 9.13 Å². The van der Waals surface area contributed by atoms with Crippen molar-refractivity contribution in [1.82, 2.24) is 0 Å². The van der Waals surface area contributed by atoms with Gasteiger partial charge in [0.15, 0.2) is 11.6 Å². The Balaban J connectivity index is 2.07. The highest BCUT2D eigenvalue weighted by Crippen LogP contribution is 2.21. The van der Waals surface area contributed by atoms with Crippen LogP contribution in [0.15, 0.2) is 42.5 Å². The smallest absolute Gasteiger partial charge is 0.167 e. The van der Waals surface area contributed by atoms with Crippen molar-refractivity contribution in [3.8, 4) is 5.75 Å². The number of nitrogens with one attached hydrogen (secondary N) is 1. The number of benzene rings is 2. The van der Waals surface area contributed by atoms with Gasteiger partial charge in [0, 0.05) is 18.3 Å². The third kappa shape index (κ3) is 2.80. The van der Waals surface area contributed by atoms with Crippen LogP contribution in [0.25, 0.3) is 0 Å². The summed E-state index contributed by atoms with van der Waals surface area (Å²) in [5.74, 6) is -0.0938. The van der Waals surface area contributed by atoms with Gasteiger partial charge in [0.05, 0.1) is 7.11 Å². The van der Waals surface area contributed by atoms with E-state index in [0.29, 0.717) is 6.54 Å². The maximum absolute atomic E-state index is 13.5. The SMILES string of the molecule is COc1ccc(NCc2ccccc2C)cc1F. The molecule has 2 rings (SSSR count). The minimum Gasteiger partial charge on any atom is -0.494 e. The summed E-state index contributed by atoms with van der Waals surface area (Å²) in [6.07, 6.45) is 0. The molecule has 0 spiro atoms. The van der Waals surface area contributed by atoms with Crippen LogP contribution >= 0.6 is 0 Å². The van der Waals surface area contributed by atoms with E-state index in [1.165, 1.54) is 24.3 Å². The van der Waals surface area contributed by atoms with E-state index < -0.39 is 0 Å². The second-order valence-corrected chi connectivity index (χ2v) is 4.13. The minimum absolute atomic E-state index is 0.261. The fraction of sp³-hybridized carbons (Fsp3) is 0.200. The van der Waals surface area contributed by atoms with Gasteiger partial charge < -0.3 is 10.1 Å². The highest BCUT2D eigenvalue weighted by molar-refractivity contribution is 5.48. The standard InChI is InChI=1S/C15H16FNO/c1-11-5-3-4-6-12(11)10-17-13-7-8-15(18-2)14(16)9-13/h3-9,17H,10H2,1-2H3. The van der Waals surface area contributed by atoms with Gasteiger partial charge >= 0.3 is 0 Å². The van der Waals surface area contributed by atoms with E-state index in [-0.39, 0.29) is 11.6 Å². The summed E-state index contributed by atoms with van der Waals surface area (Å²) in [5.41, 5.74) is 3.17. The Labute approximate surface area is 106 Å². The van der Waals surface area contributed by atoms with E-state index in [0.717, 1.165) is 5.69 Å². The maximum atomic E-state index is 13.5. The number of rotatable bonds is 4. The zero-order chi connectivity index (χ0) is 13.0. The molecule has 0 saturated carbocycles. The molecule has 0 bridgehead atoms. The predicted octanol–water partition coefficient (Wildman–Crippen LogP) is 3.75. The Morgan fingerprint density at radius 2 is 1.94 bits per heavy atom. The Bertz CT molecular complexity index is 540. The molecule has 94 valence electrons. The number of aryl methyl sites for hydroxylation is 1. The molecule has 0 aliphatic heterocycles. The number of hydrogen-bond donors (Lipinski definition) is 1. The first-order valence-corrected chi connectivity index (χ1v) is 5.82. The van der Waals surface area contributed by atoms with E-state index >= 15 is 0 Å². The second-order valence-electron chi connectivity index (χ2n) is 4.13. The first-order valence-electron chi connectivity index (χ1n) is 5.82. The van der Waals surface area contributed by atoms with Crippen LogP contribution in [0.2, 0.25) is 0 Å². The molecule has 2 nitrogen and oxygen atoms in total. The third-order valence-electron chi connectivity index (χ3n) is 2.90. The lowest BCUT2D eigenvalue weighted by Gasteiger charge is -2.10. The lowest BCUT2D eigenvalue weighted by atomic mass is 10.1. The molecule has 1 N–H and O–H groups in total. The molecule has 2 aromatic carbocycles. The Morgan fingerprint density at radius 1 is 1.17 bits per heavy atom. The van der Waals surface area contributed by atoms with Crippen LogP contribution in [-0.2, 0) is 6.54 Å². The predicted molar refractivity (Wildman–Crippen MR) is 71.5 cm³/mol. The maximum Gasteiger partial charge on any atom is 0.167 e. The minimum atomic E-state index is -0.354. The number of anilines is 1. The first-order chi connectivity index (χ1) is 8.70. The molecular formula is C15H16FNO. The lowest BCUT2D eigenvalue weighted by Crippen LogP contribution is -2.01. The highest BCUT2D eigenvalue weighted by Gasteiger charge is 2.03. The molecule has 0 aliphatic carbocycles. The first kappa shape index (κ1) is 12.4. The molecule has 0 aromatic heterocycles. The second kappa shape index (κ2) is 5.54. The van der Waals surface area contributed by atoms with Crippen LogP contribution in [0.3, 0.4) is 0 Å². The fourth-order valence-corrected chi connectivity index (χ4v) is 1.78. The molecule has 0 saturated heterocycles. The molecule has 3 heteroatoms. The van der Waals surface area contributed by atoms with Crippen LogP contribution in [0.5, 0.6) is 5.75 Å². The van der Waals surface area contributed by atoms with Crippen molar-refractivity contribution in [2.24, 2.45) is 0 Å². The number of halogens is 1. The molecule has 0 heterocycles. The number of hydrogen-bond acceptors (Lipinski definition) is 2. The summed E-state index contributed by atoms with van der Waals surface area (Å²) < 4.78 is 18.4. The van der Waals surface area contributed by atoms with Crippen LogP contribution in [0.4, 0.5) is 10.1 Å². The van der Waals surface area contributed by atoms with Crippen molar-refractivity contribution in [3.05, 3.63) is 59.4 Å². The molecule has 0 aliphatic rings. The molecule has 0 atom stereocenters. The Kier molecular flexibility index (Phi) is 3.82. The molecule has 0 radical (unpaired) electrons. The van der Waals surface area contributed by atoms with E-state index in [9.17, 15) is 4.39 Å². The summed E-state index contributed by atoms with van der Waals surface area (Å²) in [5, 5.41) is 3.20. The summed E-state index contributed by atoms with van der Waals surface area (Å²) in [7, 11) is 1.46. The van der Waals surface area contributed by atoms with Crippen LogP contribution in [0.1, 0.15) is 11.1 Å². The molecular weight excluding hydrogens is 229 g/mol. The molecule has 0 amide bonds. The van der Waals surface area contributed by atoms with Crippen molar-refractivity contribution in [3.63, 3.8) is 0 Å². The lowest BCUT2D eigenvalue weighted by molar-refractivity contribution is 0.386. The fourth-order valence-electron chi connectivity index (χ4n) is 1.78. The normalized spacial score (nSPS) is 10.2. The van der Waals surface area contributed by atoms with Crippen LogP contribution in [0, 0.1) is 12.7 Å². The Morgan fingerprint density at radius 3 is 2.61 bits per heavy atom. The Hall–Kier alpha value is -2.03. The molecule has 0 unspecified atom stereocenters. The van der Waals surface area contributed by atoms with Crippen molar-refractivity contribution in [2.45, 2.75) is 13.5 Å². The van der Waals surface area contributed by atoms with Crippen molar-refractivity contribution in [2.75, 3.05) is 12.4 Å². The van der Waals surface area contributed by atoms with E-state index in [1.807, 2.05) is 12.1 Å². The molecule has 18 heavy (non-hydrogen) atoms. The molecule has 0 fully saturated rings. The van der Waals surface area contributed by atoms with Gasteiger partial charge in [-0.3, -0.25) is 0 Å². The van der Waals surface area contributed by atoms with E-state index in [2.05, 4.69) is 24.4 Å². The summed E-state index contributed by atoms with van der Waals surface area (Å²) >= 11 is 0. The van der Waals surface area contributed by atoms with E-state index in [1.54, 1.807) is 12.1 Å². The molecule has 2 aromatic rings. The van der Waals surface area contributed by atoms with Gasteiger partial charge in [0.1, 0.15) is 0 Å². The average molecular weight is 245 g/mol.